The van der Waals surface area contributed by atoms with Gasteiger partial charge in [0.05, 0.1) is 12.2 Å². The van der Waals surface area contributed by atoms with Gasteiger partial charge in [0.1, 0.15) is 23.0 Å². The van der Waals surface area contributed by atoms with Crippen molar-refractivity contribution in [1.29, 1.82) is 0 Å². The van der Waals surface area contributed by atoms with Crippen molar-refractivity contribution < 1.29 is 30.3 Å². The Morgan fingerprint density at radius 2 is 1.09 bits per heavy atom. The fourth-order valence-corrected chi connectivity index (χ4v) is 7.30. The van der Waals surface area contributed by atoms with Crippen molar-refractivity contribution >= 4 is 23.2 Å². The zero-order valence-corrected chi connectivity index (χ0v) is 27.6. The number of rotatable bonds is 7. The molecule has 4 bridgehead atoms. The first-order valence-corrected chi connectivity index (χ1v) is 17.1. The van der Waals surface area contributed by atoms with Gasteiger partial charge in [-0.1, -0.05) is 52.4 Å². The number of aliphatic hydroxyl groups is 1. The third kappa shape index (κ3) is 10.1. The summed E-state index contributed by atoms with van der Waals surface area (Å²) in [4.78, 5) is 0. The summed E-state index contributed by atoms with van der Waals surface area (Å²) in [6.07, 6.45) is 9.38. The molecular weight excluding hydrogens is 587 g/mol. The van der Waals surface area contributed by atoms with Crippen LogP contribution < -0.4 is 0 Å². The molecule has 2 aromatic carbocycles. The van der Waals surface area contributed by atoms with Crippen LogP contribution in [0, 0.1) is 0 Å². The first-order valence-electron chi connectivity index (χ1n) is 16.2. The molecule has 0 saturated carbocycles. The summed E-state index contributed by atoms with van der Waals surface area (Å²) >= 11 is 13.5. The Morgan fingerprint density at radius 1 is 0.674 bits per heavy atom. The zero-order valence-electron chi connectivity index (χ0n) is 26.1. The van der Waals surface area contributed by atoms with Crippen LogP contribution in [0.2, 0.25) is 0 Å². The molecule has 43 heavy (non-hydrogen) atoms. The number of alkyl halides is 2. The standard InChI is InChI=1S/C35H52Cl2O6/c1-4-6-10-22-13-9-15-27(37)21-33(43-3)25-18-31(41)35(32(42)19-25)23(11-7-5-2)12-8-14-26(36)20-28(38)24-16-29(39)34(22)30(40)17-24/h16-19,22-23,26-28,33,38-42H,4-15,20-21H2,1-3H3. The quantitative estimate of drug-likeness (QED) is 0.193. The highest BCUT2D eigenvalue weighted by Gasteiger charge is 2.27. The normalized spacial score (nSPS) is 26.2. The SMILES string of the molecule is CCCCC1CCCC(Cl)CC(O)c2cc(O)c(c(O)c2)C(CCCC)CCCC(Cl)CC(OC)c2cc(O)c1c(O)c2. The molecule has 0 aromatic heterocycles. The van der Waals surface area contributed by atoms with Crippen LogP contribution in [-0.2, 0) is 4.74 Å². The van der Waals surface area contributed by atoms with Crippen LogP contribution in [0.5, 0.6) is 23.0 Å². The molecule has 0 spiro atoms. The molecule has 0 heterocycles. The van der Waals surface area contributed by atoms with Gasteiger partial charge in [0.2, 0.25) is 0 Å². The monoisotopic (exact) mass is 638 g/mol. The third-order valence-corrected chi connectivity index (χ3v) is 9.87. The van der Waals surface area contributed by atoms with E-state index in [1.807, 2.05) is 0 Å². The molecule has 6 rings (SSSR count). The first-order chi connectivity index (χ1) is 20.6. The topological polar surface area (TPSA) is 110 Å². The van der Waals surface area contributed by atoms with Crippen LogP contribution >= 0.6 is 23.2 Å². The number of hydrogen-bond donors (Lipinski definition) is 5. The van der Waals surface area contributed by atoms with Gasteiger partial charge in [-0.05, 0) is 98.6 Å². The molecule has 242 valence electrons. The summed E-state index contributed by atoms with van der Waals surface area (Å²) in [5, 5.41) is 54.7. The van der Waals surface area contributed by atoms with Crippen molar-refractivity contribution in [2.24, 2.45) is 0 Å². The number of benzene rings is 2. The third-order valence-electron chi connectivity index (χ3n) is 9.08. The maximum Gasteiger partial charge on any atom is 0.123 e. The van der Waals surface area contributed by atoms with Gasteiger partial charge in [-0.3, -0.25) is 0 Å². The van der Waals surface area contributed by atoms with Gasteiger partial charge in [0.25, 0.3) is 0 Å². The van der Waals surface area contributed by atoms with Gasteiger partial charge in [-0.2, -0.15) is 0 Å². The van der Waals surface area contributed by atoms with Crippen molar-refractivity contribution in [3.05, 3.63) is 46.5 Å². The molecule has 6 nitrogen and oxygen atoms in total. The molecule has 8 heteroatoms. The van der Waals surface area contributed by atoms with E-state index in [2.05, 4.69) is 13.8 Å². The summed E-state index contributed by atoms with van der Waals surface area (Å²) in [6.45, 7) is 4.24. The molecule has 0 radical (unpaired) electrons. The number of unbranched alkanes of at least 4 members (excludes halogenated alkanes) is 2. The van der Waals surface area contributed by atoms with Crippen molar-refractivity contribution in [2.75, 3.05) is 7.11 Å². The molecule has 0 aliphatic heterocycles. The Bertz CT molecular complexity index is 1100. The Morgan fingerprint density at radius 3 is 1.51 bits per heavy atom. The maximum atomic E-state index is 11.1. The minimum Gasteiger partial charge on any atom is -0.508 e. The van der Waals surface area contributed by atoms with E-state index in [1.165, 1.54) is 0 Å². The lowest BCUT2D eigenvalue weighted by molar-refractivity contribution is 0.0935. The van der Waals surface area contributed by atoms with Gasteiger partial charge in [-0.25, -0.2) is 0 Å². The van der Waals surface area contributed by atoms with E-state index < -0.39 is 6.10 Å². The number of halogens is 2. The smallest absolute Gasteiger partial charge is 0.123 e. The predicted octanol–water partition coefficient (Wildman–Crippen LogP) is 9.83. The van der Waals surface area contributed by atoms with E-state index in [0.717, 1.165) is 64.2 Å². The van der Waals surface area contributed by atoms with Crippen LogP contribution in [0.3, 0.4) is 0 Å². The van der Waals surface area contributed by atoms with Crippen molar-refractivity contribution in [3.63, 3.8) is 0 Å². The highest BCUT2D eigenvalue weighted by atomic mass is 35.5. The number of aliphatic hydroxyl groups excluding tert-OH is 1. The molecule has 2 aromatic rings. The number of ether oxygens (including phenoxy) is 1. The minimum absolute atomic E-state index is 0.00620. The lowest BCUT2D eigenvalue weighted by atomic mass is 9.85. The maximum absolute atomic E-state index is 11.1. The number of phenolic OH excluding ortho intramolecular Hbond substituents is 4. The lowest BCUT2D eigenvalue weighted by Gasteiger charge is -2.25. The Hall–Kier alpha value is -1.86. The zero-order chi connectivity index (χ0) is 31.5. The second-order valence-corrected chi connectivity index (χ2v) is 13.6. The second-order valence-electron chi connectivity index (χ2n) is 12.4. The van der Waals surface area contributed by atoms with E-state index in [1.54, 1.807) is 31.4 Å². The van der Waals surface area contributed by atoms with Gasteiger partial charge in [-0.15, -0.1) is 23.2 Å². The van der Waals surface area contributed by atoms with Crippen LogP contribution in [0.1, 0.15) is 150 Å². The first kappa shape index (κ1) is 35.6. The van der Waals surface area contributed by atoms with Crippen LogP contribution in [0.25, 0.3) is 0 Å². The number of hydrogen-bond acceptors (Lipinski definition) is 6. The Labute approximate surface area is 268 Å². The van der Waals surface area contributed by atoms with Gasteiger partial charge in [0.15, 0.2) is 0 Å². The van der Waals surface area contributed by atoms with Crippen LogP contribution in [-0.4, -0.2) is 43.4 Å². The molecule has 0 saturated heterocycles. The highest BCUT2D eigenvalue weighted by Crippen LogP contribution is 2.45. The van der Waals surface area contributed by atoms with E-state index in [0.29, 0.717) is 41.5 Å². The molecule has 5 N–H and O–H groups in total. The summed E-state index contributed by atoms with van der Waals surface area (Å²) < 4.78 is 5.77. The van der Waals surface area contributed by atoms with E-state index in [9.17, 15) is 25.5 Å². The molecule has 6 unspecified atom stereocenters. The Balaban J connectivity index is 1.94. The van der Waals surface area contributed by atoms with E-state index in [-0.39, 0.29) is 58.1 Å². The van der Waals surface area contributed by atoms with Crippen molar-refractivity contribution in [2.45, 2.75) is 139 Å². The molecule has 0 amide bonds. The average Bonchev–Trinajstić information content (AvgIpc) is 2.95. The summed E-state index contributed by atoms with van der Waals surface area (Å²) in [7, 11) is 1.61. The van der Waals surface area contributed by atoms with Gasteiger partial charge < -0.3 is 30.3 Å². The van der Waals surface area contributed by atoms with Crippen LogP contribution in [0.15, 0.2) is 24.3 Å². The van der Waals surface area contributed by atoms with Gasteiger partial charge in [0, 0.05) is 29.0 Å². The number of methoxy groups -OCH3 is 1. The van der Waals surface area contributed by atoms with Crippen LogP contribution in [0.4, 0.5) is 0 Å². The van der Waals surface area contributed by atoms with E-state index in [4.69, 9.17) is 27.9 Å². The average molecular weight is 640 g/mol. The van der Waals surface area contributed by atoms with Gasteiger partial charge >= 0.3 is 0 Å². The molecule has 4 aliphatic rings. The lowest BCUT2D eigenvalue weighted by Crippen LogP contribution is -2.12. The van der Waals surface area contributed by atoms with Crippen molar-refractivity contribution in [3.8, 4) is 23.0 Å². The fourth-order valence-electron chi connectivity index (χ4n) is 6.66. The molecular formula is C35H52Cl2O6. The summed E-state index contributed by atoms with van der Waals surface area (Å²) in [5.74, 6) is 0.0770. The molecule has 4 aliphatic carbocycles. The summed E-state index contributed by atoms with van der Waals surface area (Å²) in [5.41, 5.74) is 2.22. The predicted molar refractivity (Wildman–Crippen MR) is 175 cm³/mol. The second kappa shape index (κ2) is 17.6. The highest BCUT2D eigenvalue weighted by molar-refractivity contribution is 6.20. The fraction of sp³-hybridized carbons (Fsp3) is 0.657. The largest absolute Gasteiger partial charge is 0.508 e. The molecule has 0 fully saturated rings. The van der Waals surface area contributed by atoms with Crippen molar-refractivity contribution in [1.82, 2.24) is 0 Å². The minimum atomic E-state index is -0.928. The number of aromatic hydroxyl groups is 4. The van der Waals surface area contributed by atoms with E-state index >= 15 is 0 Å². The Kier molecular flexibility index (Phi) is 14.6. The number of phenols is 4. The summed E-state index contributed by atoms with van der Waals surface area (Å²) in [6, 6.07) is 6.54. The molecule has 6 atom stereocenters.